The molecule has 0 bridgehead atoms. The number of carbonyl (C=O) groups excluding carboxylic acids is 3. The highest BCUT2D eigenvalue weighted by atomic mass is 16.2. The average molecular weight is 331 g/mol. The molecule has 1 aliphatic heterocycles. The quantitative estimate of drug-likeness (QED) is 0.828. The number of urea groups is 1. The first-order valence-electron chi connectivity index (χ1n) is 8.45. The van der Waals surface area contributed by atoms with Gasteiger partial charge in [-0.1, -0.05) is 49.6 Å². The van der Waals surface area contributed by atoms with E-state index in [9.17, 15) is 14.4 Å². The van der Waals surface area contributed by atoms with E-state index in [4.69, 9.17) is 5.73 Å². The number of carbonyl (C=O) groups is 3. The van der Waals surface area contributed by atoms with Gasteiger partial charge in [0.05, 0.1) is 0 Å². The van der Waals surface area contributed by atoms with Gasteiger partial charge in [-0.05, 0) is 24.3 Å². The van der Waals surface area contributed by atoms with Crippen molar-refractivity contribution < 1.29 is 14.4 Å². The second-order valence-electron chi connectivity index (χ2n) is 6.37. The Kier molecular flexibility index (Phi) is 6.78. The maximum Gasteiger partial charge on any atom is 0.324 e. The third kappa shape index (κ3) is 6.02. The van der Waals surface area contributed by atoms with Crippen LogP contribution in [0.25, 0.3) is 0 Å². The molecule has 0 spiro atoms. The molecule has 0 radical (unpaired) electrons. The third-order valence-corrected chi connectivity index (χ3v) is 4.30. The van der Waals surface area contributed by atoms with Gasteiger partial charge in [0.25, 0.3) is 0 Å². The molecule has 0 atom stereocenters. The molecule has 6 nitrogen and oxygen atoms in total. The van der Waals surface area contributed by atoms with Crippen LogP contribution in [0.1, 0.15) is 44.1 Å². The maximum atomic E-state index is 11.2. The van der Waals surface area contributed by atoms with E-state index < -0.39 is 0 Å². The molecule has 1 aromatic rings. The topological polar surface area (TPSA) is 92.5 Å². The van der Waals surface area contributed by atoms with Crippen molar-refractivity contribution in [2.75, 3.05) is 6.54 Å². The minimum Gasteiger partial charge on any atom is -0.370 e. The number of amides is 4. The first kappa shape index (κ1) is 18.0. The molecule has 1 saturated carbocycles. The predicted molar refractivity (Wildman–Crippen MR) is 90.8 cm³/mol. The van der Waals surface area contributed by atoms with Crippen molar-refractivity contribution in [1.82, 2.24) is 10.2 Å². The summed E-state index contributed by atoms with van der Waals surface area (Å²) < 4.78 is 0. The minimum absolute atomic E-state index is 0.132. The smallest absolute Gasteiger partial charge is 0.324 e. The predicted octanol–water partition coefficient (Wildman–Crippen LogP) is 2.18. The van der Waals surface area contributed by atoms with Gasteiger partial charge in [0.15, 0.2) is 0 Å². The Labute approximate surface area is 142 Å². The zero-order valence-corrected chi connectivity index (χ0v) is 13.9. The van der Waals surface area contributed by atoms with Crippen molar-refractivity contribution in [2.24, 2.45) is 11.7 Å². The molecule has 2 fully saturated rings. The van der Waals surface area contributed by atoms with Crippen LogP contribution in [-0.4, -0.2) is 29.3 Å². The van der Waals surface area contributed by atoms with Gasteiger partial charge in [0.2, 0.25) is 11.8 Å². The van der Waals surface area contributed by atoms with E-state index in [1.807, 2.05) is 30.3 Å². The molecule has 1 aliphatic carbocycles. The summed E-state index contributed by atoms with van der Waals surface area (Å²) in [7, 11) is 0. The second kappa shape index (κ2) is 9.05. The Morgan fingerprint density at radius 1 is 1.12 bits per heavy atom. The van der Waals surface area contributed by atoms with Crippen molar-refractivity contribution >= 4 is 17.8 Å². The lowest BCUT2D eigenvalue weighted by atomic mass is 9.87. The number of primary amides is 1. The highest BCUT2D eigenvalue weighted by molar-refractivity contribution is 6.01. The van der Waals surface area contributed by atoms with Crippen molar-refractivity contribution in [2.45, 2.75) is 45.1 Å². The molecule has 1 aromatic carbocycles. The largest absolute Gasteiger partial charge is 0.370 e. The van der Waals surface area contributed by atoms with Crippen LogP contribution in [0.2, 0.25) is 0 Å². The number of benzene rings is 1. The van der Waals surface area contributed by atoms with Crippen LogP contribution >= 0.6 is 0 Å². The first-order chi connectivity index (χ1) is 11.5. The van der Waals surface area contributed by atoms with Crippen molar-refractivity contribution in [3.63, 3.8) is 0 Å². The van der Waals surface area contributed by atoms with Crippen molar-refractivity contribution in [3.05, 3.63) is 35.9 Å². The standard InChI is InChI=1S/C10H10N2O2.C8H15NO/c13-9-7-12(10(14)11-9)6-8-4-2-1-3-5-8;9-8(10)6-7-4-2-1-3-5-7/h1-5H,6-7H2,(H,11,13,14);7H,1-6H2,(H2,9,10). The van der Waals surface area contributed by atoms with Crippen molar-refractivity contribution in [1.29, 1.82) is 0 Å². The Balaban J connectivity index is 0.000000185. The Bertz CT molecular complexity index is 568. The molecule has 0 unspecified atom stereocenters. The van der Waals surface area contributed by atoms with Crippen LogP contribution in [-0.2, 0) is 16.1 Å². The summed E-state index contributed by atoms with van der Waals surface area (Å²) in [6.45, 7) is 0.645. The minimum atomic E-state index is -0.307. The van der Waals surface area contributed by atoms with Gasteiger partial charge in [-0.25, -0.2) is 4.79 Å². The second-order valence-corrected chi connectivity index (χ2v) is 6.37. The highest BCUT2D eigenvalue weighted by Gasteiger charge is 2.26. The number of nitrogens with two attached hydrogens (primary N) is 1. The van der Waals surface area contributed by atoms with Crippen LogP contribution in [0.3, 0.4) is 0 Å². The number of hydrogen-bond donors (Lipinski definition) is 2. The summed E-state index contributed by atoms with van der Waals surface area (Å²) in [6, 6.07) is 9.28. The lowest BCUT2D eigenvalue weighted by molar-refractivity contribution is -0.119. The van der Waals surface area contributed by atoms with E-state index in [0.29, 0.717) is 18.9 Å². The van der Waals surface area contributed by atoms with Gasteiger partial charge in [0, 0.05) is 13.0 Å². The van der Waals surface area contributed by atoms with Gasteiger partial charge in [-0.15, -0.1) is 0 Å². The van der Waals surface area contributed by atoms with Crippen LogP contribution < -0.4 is 11.1 Å². The number of nitrogens with zero attached hydrogens (tertiary/aromatic N) is 1. The molecule has 24 heavy (non-hydrogen) atoms. The first-order valence-corrected chi connectivity index (χ1v) is 8.45. The van der Waals surface area contributed by atoms with Crippen molar-refractivity contribution in [3.8, 4) is 0 Å². The number of imide groups is 1. The van der Waals surface area contributed by atoms with E-state index in [0.717, 1.165) is 5.56 Å². The zero-order valence-electron chi connectivity index (χ0n) is 13.9. The Morgan fingerprint density at radius 3 is 2.33 bits per heavy atom. The molecule has 4 amide bonds. The molecule has 1 heterocycles. The molecule has 3 N–H and O–H groups in total. The Hall–Kier alpha value is -2.37. The van der Waals surface area contributed by atoms with E-state index >= 15 is 0 Å². The van der Waals surface area contributed by atoms with Gasteiger partial charge in [-0.3, -0.25) is 14.9 Å². The van der Waals surface area contributed by atoms with Crippen LogP contribution in [0.5, 0.6) is 0 Å². The molecule has 130 valence electrons. The summed E-state index contributed by atoms with van der Waals surface area (Å²) in [5.74, 6) is 0.240. The lowest BCUT2D eigenvalue weighted by Crippen LogP contribution is -2.27. The SMILES string of the molecule is NC(=O)CC1CCCCC1.O=C1CN(Cc2ccccc2)C(=O)N1. The van der Waals surface area contributed by atoms with Crippen LogP contribution in [0.4, 0.5) is 4.79 Å². The molecule has 3 rings (SSSR count). The van der Waals surface area contributed by atoms with Crippen LogP contribution in [0.15, 0.2) is 30.3 Å². The van der Waals surface area contributed by atoms with E-state index in [-0.39, 0.29) is 24.4 Å². The summed E-state index contributed by atoms with van der Waals surface area (Å²) in [5, 5.41) is 2.24. The molecular formula is C18H25N3O3. The van der Waals surface area contributed by atoms with Gasteiger partial charge in [0.1, 0.15) is 6.54 Å². The zero-order chi connectivity index (χ0) is 17.4. The van der Waals surface area contributed by atoms with E-state index in [2.05, 4.69) is 5.32 Å². The summed E-state index contributed by atoms with van der Waals surface area (Å²) in [4.78, 5) is 34.0. The third-order valence-electron chi connectivity index (χ3n) is 4.30. The van der Waals surface area contributed by atoms with E-state index in [1.54, 1.807) is 0 Å². The number of nitrogens with one attached hydrogen (secondary N) is 1. The fraction of sp³-hybridized carbons (Fsp3) is 0.500. The molecule has 0 aromatic heterocycles. The van der Waals surface area contributed by atoms with Gasteiger partial charge < -0.3 is 10.6 Å². The lowest BCUT2D eigenvalue weighted by Gasteiger charge is -2.19. The fourth-order valence-electron chi connectivity index (χ4n) is 3.09. The molecule has 2 aliphatic rings. The average Bonchev–Trinajstić information content (AvgIpc) is 2.87. The van der Waals surface area contributed by atoms with Gasteiger partial charge >= 0.3 is 6.03 Å². The highest BCUT2D eigenvalue weighted by Crippen LogP contribution is 2.25. The summed E-state index contributed by atoms with van der Waals surface area (Å²) >= 11 is 0. The number of hydrogen-bond acceptors (Lipinski definition) is 3. The molecular weight excluding hydrogens is 306 g/mol. The number of rotatable bonds is 4. The molecule has 1 saturated heterocycles. The maximum absolute atomic E-state index is 11.2. The van der Waals surface area contributed by atoms with E-state index in [1.165, 1.54) is 37.0 Å². The van der Waals surface area contributed by atoms with Gasteiger partial charge in [-0.2, -0.15) is 0 Å². The van der Waals surface area contributed by atoms with Crippen LogP contribution in [0, 0.1) is 5.92 Å². The molecule has 6 heteroatoms. The summed E-state index contributed by atoms with van der Waals surface area (Å²) in [5.41, 5.74) is 6.11. The normalized spacial score (nSPS) is 17.9. The monoisotopic (exact) mass is 331 g/mol. The summed E-state index contributed by atoms with van der Waals surface area (Å²) in [6.07, 6.45) is 6.96. The fourth-order valence-corrected chi connectivity index (χ4v) is 3.09. The Morgan fingerprint density at radius 2 is 1.79 bits per heavy atom.